The standard InChI is InChI=1S/C9H13N5O.ClH/c1-6(5-10-2)9-13-8(14-15-9)7-11-3-4-12-7;/h3-4,6,10H,5H2,1-2H3,(H,11,12);1H. The van der Waals surface area contributed by atoms with Crippen LogP contribution in [-0.4, -0.2) is 33.7 Å². The second-order valence-electron chi connectivity index (χ2n) is 3.35. The molecule has 0 spiro atoms. The Bertz CT molecular complexity index is 413. The van der Waals surface area contributed by atoms with Gasteiger partial charge in [0.05, 0.1) is 0 Å². The van der Waals surface area contributed by atoms with Gasteiger partial charge in [0.2, 0.25) is 11.7 Å². The van der Waals surface area contributed by atoms with Gasteiger partial charge in [0.1, 0.15) is 0 Å². The fourth-order valence-electron chi connectivity index (χ4n) is 1.31. The van der Waals surface area contributed by atoms with E-state index in [0.717, 1.165) is 6.54 Å². The average molecular weight is 244 g/mol. The number of halogens is 1. The molecule has 2 N–H and O–H groups in total. The molecule has 7 heteroatoms. The van der Waals surface area contributed by atoms with E-state index in [1.165, 1.54) is 0 Å². The number of H-pyrrole nitrogens is 1. The van der Waals surface area contributed by atoms with E-state index < -0.39 is 0 Å². The summed E-state index contributed by atoms with van der Waals surface area (Å²) in [6.45, 7) is 2.83. The summed E-state index contributed by atoms with van der Waals surface area (Å²) in [5, 5.41) is 6.91. The monoisotopic (exact) mass is 243 g/mol. The normalized spacial score (nSPS) is 12.1. The van der Waals surface area contributed by atoms with E-state index in [1.54, 1.807) is 12.4 Å². The van der Waals surface area contributed by atoms with Crippen LogP contribution in [-0.2, 0) is 0 Å². The molecule has 0 bridgehead atoms. The summed E-state index contributed by atoms with van der Waals surface area (Å²) in [7, 11) is 1.89. The van der Waals surface area contributed by atoms with Gasteiger partial charge in [-0.2, -0.15) is 4.98 Å². The van der Waals surface area contributed by atoms with E-state index in [9.17, 15) is 0 Å². The molecule has 16 heavy (non-hydrogen) atoms. The number of hydrogen-bond donors (Lipinski definition) is 2. The summed E-state index contributed by atoms with van der Waals surface area (Å²) in [4.78, 5) is 11.2. The van der Waals surface area contributed by atoms with Gasteiger partial charge in [-0.25, -0.2) is 4.98 Å². The minimum Gasteiger partial charge on any atom is -0.342 e. The zero-order valence-corrected chi connectivity index (χ0v) is 9.91. The maximum Gasteiger partial charge on any atom is 0.238 e. The summed E-state index contributed by atoms with van der Waals surface area (Å²) in [5.74, 6) is 1.95. The molecule has 1 unspecified atom stereocenters. The maximum atomic E-state index is 5.14. The molecule has 0 aliphatic heterocycles. The topological polar surface area (TPSA) is 79.6 Å². The summed E-state index contributed by atoms with van der Waals surface area (Å²) in [5.41, 5.74) is 0. The molecule has 2 heterocycles. The minimum atomic E-state index is 0. The SMILES string of the molecule is CNCC(C)c1nc(-c2ncc[nH]2)no1.Cl. The van der Waals surface area contributed by atoms with Crippen LogP contribution in [0.4, 0.5) is 0 Å². The highest BCUT2D eigenvalue weighted by Gasteiger charge is 2.15. The highest BCUT2D eigenvalue weighted by molar-refractivity contribution is 5.85. The summed E-state index contributed by atoms with van der Waals surface area (Å²) < 4.78 is 5.14. The molecule has 0 fully saturated rings. The van der Waals surface area contributed by atoms with Gasteiger partial charge >= 0.3 is 0 Å². The van der Waals surface area contributed by atoms with Crippen LogP contribution in [0.3, 0.4) is 0 Å². The lowest BCUT2D eigenvalue weighted by Gasteiger charge is -2.02. The second kappa shape index (κ2) is 5.62. The minimum absolute atomic E-state index is 0. The molecular weight excluding hydrogens is 230 g/mol. The fourth-order valence-corrected chi connectivity index (χ4v) is 1.31. The Hall–Kier alpha value is -1.40. The van der Waals surface area contributed by atoms with Crippen molar-refractivity contribution in [1.82, 2.24) is 25.4 Å². The van der Waals surface area contributed by atoms with Crippen molar-refractivity contribution >= 4 is 12.4 Å². The molecule has 1 atom stereocenters. The number of aromatic amines is 1. The van der Waals surface area contributed by atoms with E-state index in [2.05, 4.69) is 25.4 Å². The van der Waals surface area contributed by atoms with Crippen LogP contribution in [0.1, 0.15) is 18.7 Å². The van der Waals surface area contributed by atoms with Gasteiger partial charge in [-0.15, -0.1) is 12.4 Å². The van der Waals surface area contributed by atoms with Gasteiger partial charge in [-0.05, 0) is 7.05 Å². The number of aromatic nitrogens is 4. The number of likely N-dealkylation sites (N-methyl/N-ethyl adjacent to an activating group) is 1. The van der Waals surface area contributed by atoms with Crippen LogP contribution < -0.4 is 5.32 Å². The zero-order valence-electron chi connectivity index (χ0n) is 9.10. The van der Waals surface area contributed by atoms with Gasteiger partial charge in [-0.1, -0.05) is 12.1 Å². The summed E-state index contributed by atoms with van der Waals surface area (Å²) in [6, 6.07) is 0. The van der Waals surface area contributed by atoms with Gasteiger partial charge < -0.3 is 14.8 Å². The average Bonchev–Trinajstić information content (AvgIpc) is 2.89. The quantitative estimate of drug-likeness (QED) is 0.844. The number of hydrogen-bond acceptors (Lipinski definition) is 5. The van der Waals surface area contributed by atoms with Gasteiger partial charge in [0.15, 0.2) is 5.82 Å². The summed E-state index contributed by atoms with van der Waals surface area (Å²) >= 11 is 0. The fraction of sp³-hybridized carbons (Fsp3) is 0.444. The van der Waals surface area contributed by atoms with Crippen LogP contribution in [0, 0.1) is 0 Å². The maximum absolute atomic E-state index is 5.14. The third-order valence-electron chi connectivity index (χ3n) is 2.08. The Morgan fingerprint density at radius 3 is 3.00 bits per heavy atom. The zero-order chi connectivity index (χ0) is 10.7. The van der Waals surface area contributed by atoms with Crippen LogP contribution in [0.25, 0.3) is 11.6 Å². The molecule has 0 aliphatic rings. The highest BCUT2D eigenvalue weighted by Crippen LogP contribution is 2.15. The van der Waals surface area contributed by atoms with Crippen LogP contribution in [0.15, 0.2) is 16.9 Å². The Kier molecular flexibility index (Phi) is 4.45. The molecule has 0 aromatic carbocycles. The lowest BCUT2D eigenvalue weighted by atomic mass is 10.2. The molecule has 0 amide bonds. The number of rotatable bonds is 4. The molecule has 6 nitrogen and oxygen atoms in total. The molecule has 0 saturated carbocycles. The third-order valence-corrected chi connectivity index (χ3v) is 2.08. The third kappa shape index (κ3) is 2.59. The summed E-state index contributed by atoms with van der Waals surface area (Å²) in [6.07, 6.45) is 3.38. The van der Waals surface area contributed by atoms with Gasteiger partial charge in [-0.3, -0.25) is 0 Å². The number of nitrogens with one attached hydrogen (secondary N) is 2. The Labute approximate surface area is 99.3 Å². The van der Waals surface area contributed by atoms with Crippen molar-refractivity contribution in [3.8, 4) is 11.6 Å². The first-order valence-corrected chi connectivity index (χ1v) is 4.79. The molecular formula is C9H14ClN5O. The van der Waals surface area contributed by atoms with E-state index >= 15 is 0 Å². The molecule has 88 valence electrons. The van der Waals surface area contributed by atoms with Crippen molar-refractivity contribution in [1.29, 1.82) is 0 Å². The van der Waals surface area contributed by atoms with E-state index in [0.29, 0.717) is 17.5 Å². The largest absolute Gasteiger partial charge is 0.342 e. The Morgan fingerprint density at radius 2 is 2.38 bits per heavy atom. The molecule has 0 aliphatic carbocycles. The Balaban J connectivity index is 0.00000128. The second-order valence-corrected chi connectivity index (χ2v) is 3.35. The first-order chi connectivity index (χ1) is 7.31. The van der Waals surface area contributed by atoms with Crippen molar-refractivity contribution < 1.29 is 4.52 Å². The smallest absolute Gasteiger partial charge is 0.238 e. The van der Waals surface area contributed by atoms with E-state index in [-0.39, 0.29) is 18.3 Å². The predicted molar refractivity (Wildman–Crippen MR) is 61.5 cm³/mol. The van der Waals surface area contributed by atoms with Crippen molar-refractivity contribution in [2.75, 3.05) is 13.6 Å². The van der Waals surface area contributed by atoms with Crippen LogP contribution >= 0.6 is 12.4 Å². The van der Waals surface area contributed by atoms with Crippen molar-refractivity contribution in [3.63, 3.8) is 0 Å². The van der Waals surface area contributed by atoms with Crippen LogP contribution in [0.2, 0.25) is 0 Å². The highest BCUT2D eigenvalue weighted by atomic mass is 35.5. The lowest BCUT2D eigenvalue weighted by molar-refractivity contribution is 0.357. The van der Waals surface area contributed by atoms with E-state index in [1.807, 2.05) is 14.0 Å². The van der Waals surface area contributed by atoms with Crippen molar-refractivity contribution in [2.45, 2.75) is 12.8 Å². The first kappa shape index (κ1) is 12.7. The van der Waals surface area contributed by atoms with Crippen LogP contribution in [0.5, 0.6) is 0 Å². The van der Waals surface area contributed by atoms with Gasteiger partial charge in [0.25, 0.3) is 0 Å². The molecule has 2 aromatic rings. The number of nitrogens with zero attached hydrogens (tertiary/aromatic N) is 3. The predicted octanol–water partition coefficient (Wildman–Crippen LogP) is 1.20. The lowest BCUT2D eigenvalue weighted by Crippen LogP contribution is -2.14. The molecule has 2 aromatic heterocycles. The molecule has 0 radical (unpaired) electrons. The molecule has 0 saturated heterocycles. The van der Waals surface area contributed by atoms with Crippen molar-refractivity contribution in [3.05, 3.63) is 18.3 Å². The molecule has 2 rings (SSSR count). The van der Waals surface area contributed by atoms with Gasteiger partial charge in [0, 0.05) is 24.9 Å². The number of imidazole rings is 1. The Morgan fingerprint density at radius 1 is 1.56 bits per heavy atom. The first-order valence-electron chi connectivity index (χ1n) is 4.79. The van der Waals surface area contributed by atoms with Crippen molar-refractivity contribution in [2.24, 2.45) is 0 Å². The van der Waals surface area contributed by atoms with E-state index in [4.69, 9.17) is 4.52 Å².